The van der Waals surface area contributed by atoms with E-state index in [9.17, 15) is 4.79 Å². The van der Waals surface area contributed by atoms with E-state index >= 15 is 0 Å². The molecule has 0 unspecified atom stereocenters. The van der Waals surface area contributed by atoms with E-state index in [1.807, 2.05) is 18.5 Å². The van der Waals surface area contributed by atoms with E-state index in [1.165, 1.54) is 0 Å². The van der Waals surface area contributed by atoms with Gasteiger partial charge in [0.05, 0.1) is 23.0 Å². The van der Waals surface area contributed by atoms with Crippen LogP contribution in [0.3, 0.4) is 0 Å². The van der Waals surface area contributed by atoms with Gasteiger partial charge in [0.15, 0.2) is 0 Å². The van der Waals surface area contributed by atoms with Crippen LogP contribution in [0.5, 0.6) is 0 Å². The lowest BCUT2D eigenvalue weighted by Gasteiger charge is -2.35. The van der Waals surface area contributed by atoms with Crippen LogP contribution >= 0.6 is 0 Å². The summed E-state index contributed by atoms with van der Waals surface area (Å²) < 4.78 is 0. The number of nitrogens with one attached hydrogen (secondary N) is 2. The average molecular weight is 390 g/mol. The van der Waals surface area contributed by atoms with E-state index in [4.69, 9.17) is 4.98 Å². The molecule has 1 atom stereocenters. The molecule has 2 aromatic heterocycles. The van der Waals surface area contributed by atoms with Crippen molar-refractivity contribution in [3.63, 3.8) is 0 Å². The minimum absolute atomic E-state index is 0.161. The molecule has 1 fully saturated rings. The van der Waals surface area contributed by atoms with Gasteiger partial charge in [-0.3, -0.25) is 4.79 Å². The molecule has 0 radical (unpaired) electrons. The summed E-state index contributed by atoms with van der Waals surface area (Å²) in [4.78, 5) is 29.1. The van der Waals surface area contributed by atoms with Crippen molar-refractivity contribution in [2.45, 2.75) is 37.5 Å². The highest BCUT2D eigenvalue weighted by Crippen LogP contribution is 2.46. The maximum Gasteiger partial charge on any atom is 0.228 e. The van der Waals surface area contributed by atoms with Crippen LogP contribution < -0.4 is 15.5 Å². The van der Waals surface area contributed by atoms with Gasteiger partial charge < -0.3 is 15.5 Å². The van der Waals surface area contributed by atoms with Gasteiger partial charge in [-0.25, -0.2) is 15.0 Å². The van der Waals surface area contributed by atoms with E-state index in [1.54, 1.807) is 0 Å². The van der Waals surface area contributed by atoms with Crippen molar-refractivity contribution >= 4 is 23.2 Å². The van der Waals surface area contributed by atoms with Gasteiger partial charge in [-0.05, 0) is 36.5 Å². The van der Waals surface area contributed by atoms with E-state index in [0.717, 1.165) is 56.0 Å². The summed E-state index contributed by atoms with van der Waals surface area (Å²) in [7, 11) is 0. The van der Waals surface area contributed by atoms with Crippen molar-refractivity contribution in [3.8, 4) is 0 Å². The van der Waals surface area contributed by atoms with E-state index in [0.29, 0.717) is 24.0 Å². The first kappa shape index (κ1) is 18.2. The molecule has 2 aliphatic carbocycles. The fraction of sp³-hybridized carbons (Fsp3) is 0.455. The predicted octanol–water partition coefficient (Wildman–Crippen LogP) is 2.69. The van der Waals surface area contributed by atoms with Crippen molar-refractivity contribution in [2.75, 3.05) is 36.4 Å². The third kappa shape index (κ3) is 3.19. The number of anilines is 3. The molecule has 1 spiro atoms. The fourth-order valence-corrected chi connectivity index (χ4v) is 4.67. The van der Waals surface area contributed by atoms with Gasteiger partial charge in [0.2, 0.25) is 5.95 Å². The molecule has 3 aliphatic rings. The second kappa shape index (κ2) is 7.22. The smallest absolute Gasteiger partial charge is 0.228 e. The molecule has 29 heavy (non-hydrogen) atoms. The molecule has 0 bridgehead atoms. The molecule has 1 aliphatic heterocycles. The monoisotopic (exact) mass is 390 g/mol. The summed E-state index contributed by atoms with van der Waals surface area (Å²) in [6.45, 7) is 6.06. The van der Waals surface area contributed by atoms with Crippen molar-refractivity contribution in [1.29, 1.82) is 0 Å². The number of Topliss-reactive ketones (excluding diaryl/α,β-unsaturated/α-hetero) is 1. The molecule has 7 heteroatoms. The van der Waals surface area contributed by atoms with Gasteiger partial charge in [-0.15, -0.1) is 0 Å². The lowest BCUT2D eigenvalue weighted by atomic mass is 9.67. The summed E-state index contributed by atoms with van der Waals surface area (Å²) in [6.07, 6.45) is 10.0. The number of hydrogen-bond acceptors (Lipinski definition) is 7. The third-order valence-electron chi connectivity index (χ3n) is 6.40. The molecule has 3 heterocycles. The maximum atomic E-state index is 12.9. The average Bonchev–Trinajstić information content (AvgIpc) is 3.25. The third-order valence-corrected chi connectivity index (χ3v) is 6.40. The van der Waals surface area contributed by atoms with E-state index in [2.05, 4.69) is 50.6 Å². The topological polar surface area (TPSA) is 83.0 Å². The Morgan fingerprint density at radius 1 is 1.14 bits per heavy atom. The fourth-order valence-electron chi connectivity index (χ4n) is 4.67. The van der Waals surface area contributed by atoms with Crippen LogP contribution in [0.1, 0.15) is 43.4 Å². The SMILES string of the molecule is C[C@@H]1CC(=O)C2(CC=CC2)c2nc(Nc3ccc(N4CCNCC4)cn3)ncc21. The van der Waals surface area contributed by atoms with Crippen LogP contribution in [0, 0.1) is 0 Å². The zero-order valence-electron chi connectivity index (χ0n) is 16.7. The van der Waals surface area contributed by atoms with Crippen LogP contribution in [0.15, 0.2) is 36.7 Å². The highest BCUT2D eigenvalue weighted by molar-refractivity contribution is 5.93. The van der Waals surface area contributed by atoms with E-state index < -0.39 is 5.41 Å². The number of hydrogen-bond donors (Lipinski definition) is 2. The number of carbonyl (C=O) groups excluding carboxylic acids is 1. The highest BCUT2D eigenvalue weighted by atomic mass is 16.1. The highest BCUT2D eigenvalue weighted by Gasteiger charge is 2.47. The number of aromatic nitrogens is 3. The van der Waals surface area contributed by atoms with Crippen molar-refractivity contribution < 1.29 is 4.79 Å². The van der Waals surface area contributed by atoms with Crippen LogP contribution in [0.4, 0.5) is 17.5 Å². The molecule has 1 saturated heterocycles. The molecule has 7 nitrogen and oxygen atoms in total. The van der Waals surface area contributed by atoms with Gasteiger partial charge in [0.1, 0.15) is 11.6 Å². The summed E-state index contributed by atoms with van der Waals surface area (Å²) in [5.74, 6) is 1.66. The predicted molar refractivity (Wildman–Crippen MR) is 113 cm³/mol. The Bertz CT molecular complexity index is 940. The quantitative estimate of drug-likeness (QED) is 0.780. The molecular weight excluding hydrogens is 364 g/mol. The van der Waals surface area contributed by atoms with Crippen molar-refractivity contribution in [3.05, 3.63) is 47.9 Å². The van der Waals surface area contributed by atoms with Crippen LogP contribution in [0.25, 0.3) is 0 Å². The first-order valence-electron chi connectivity index (χ1n) is 10.4. The Kier molecular flexibility index (Phi) is 4.54. The lowest BCUT2D eigenvalue weighted by molar-refractivity contribution is -0.125. The van der Waals surface area contributed by atoms with E-state index in [-0.39, 0.29) is 5.92 Å². The van der Waals surface area contributed by atoms with Crippen molar-refractivity contribution in [2.24, 2.45) is 0 Å². The van der Waals surface area contributed by atoms with Crippen LogP contribution in [0.2, 0.25) is 0 Å². The summed E-state index contributed by atoms with van der Waals surface area (Å²) >= 11 is 0. The zero-order valence-corrected chi connectivity index (χ0v) is 16.7. The molecular formula is C22H26N6O. The van der Waals surface area contributed by atoms with Gasteiger partial charge in [0, 0.05) is 38.8 Å². The Labute approximate surface area is 170 Å². The molecule has 0 amide bonds. The summed E-state index contributed by atoms with van der Waals surface area (Å²) in [5.41, 5.74) is 2.61. The molecule has 5 rings (SSSR count). The zero-order chi connectivity index (χ0) is 19.8. The number of carbonyl (C=O) groups is 1. The van der Waals surface area contributed by atoms with Gasteiger partial charge in [-0.2, -0.15) is 0 Å². The molecule has 150 valence electrons. The minimum Gasteiger partial charge on any atom is -0.368 e. The second-order valence-corrected chi connectivity index (χ2v) is 8.25. The molecule has 2 N–H and O–H groups in total. The number of allylic oxidation sites excluding steroid dienone is 2. The Morgan fingerprint density at radius 2 is 1.93 bits per heavy atom. The number of nitrogens with zero attached hydrogens (tertiary/aromatic N) is 4. The number of ketones is 1. The number of rotatable bonds is 3. The lowest BCUT2D eigenvalue weighted by Crippen LogP contribution is -2.43. The first-order chi connectivity index (χ1) is 14.2. The second-order valence-electron chi connectivity index (χ2n) is 8.25. The van der Waals surface area contributed by atoms with Crippen LogP contribution in [-0.2, 0) is 10.2 Å². The van der Waals surface area contributed by atoms with Crippen molar-refractivity contribution in [1.82, 2.24) is 20.3 Å². The summed E-state index contributed by atoms with van der Waals surface area (Å²) in [6, 6.07) is 4.04. The summed E-state index contributed by atoms with van der Waals surface area (Å²) in [5, 5.41) is 6.59. The molecule has 0 aromatic carbocycles. The minimum atomic E-state index is -0.499. The number of piperazine rings is 1. The Balaban J connectivity index is 1.40. The van der Waals surface area contributed by atoms with Gasteiger partial charge in [-0.1, -0.05) is 19.1 Å². The molecule has 2 aromatic rings. The largest absolute Gasteiger partial charge is 0.368 e. The molecule has 0 saturated carbocycles. The number of pyridine rings is 1. The normalized spacial score (nSPS) is 22.7. The standard InChI is InChI=1S/C22H26N6O/c1-15-12-18(29)22(6-2-3-7-22)20-17(15)14-25-21(27-20)26-19-5-4-16(13-24-19)28-10-8-23-9-11-28/h2-5,13-15,23H,6-12H2,1H3,(H,24,25,26,27)/t15-/m1/s1. The van der Waals surface area contributed by atoms with Crippen LogP contribution in [-0.4, -0.2) is 46.9 Å². The van der Waals surface area contributed by atoms with Gasteiger partial charge >= 0.3 is 0 Å². The maximum absolute atomic E-state index is 12.9. The Hall–Kier alpha value is -2.80. The number of fused-ring (bicyclic) bond motifs is 2. The Morgan fingerprint density at radius 3 is 2.66 bits per heavy atom. The first-order valence-corrected chi connectivity index (χ1v) is 10.4. The van der Waals surface area contributed by atoms with Gasteiger partial charge in [0.25, 0.3) is 0 Å².